The number of aliphatic carboxylic acids is 1. The first kappa shape index (κ1) is 22.7. The summed E-state index contributed by atoms with van der Waals surface area (Å²) in [5, 5.41) is 18.8. The molecule has 2 bridgehead atoms. The third-order valence-electron chi connectivity index (χ3n) is 6.82. The molecule has 5 atom stereocenters. The first-order valence-corrected chi connectivity index (χ1v) is 11.1. The second-order valence-corrected chi connectivity index (χ2v) is 8.64. The van der Waals surface area contributed by atoms with E-state index in [2.05, 4.69) is 13.5 Å². The summed E-state index contributed by atoms with van der Waals surface area (Å²) in [6.45, 7) is 7.21. The number of aliphatic hydroxyl groups excluding tert-OH is 1. The van der Waals surface area contributed by atoms with Gasteiger partial charge < -0.3 is 24.7 Å². The van der Waals surface area contributed by atoms with Gasteiger partial charge in [0.05, 0.1) is 17.9 Å². The molecule has 168 valence electrons. The van der Waals surface area contributed by atoms with E-state index in [1.165, 1.54) is 0 Å². The van der Waals surface area contributed by atoms with Gasteiger partial charge in [0, 0.05) is 26.2 Å². The summed E-state index contributed by atoms with van der Waals surface area (Å²) in [6.07, 6.45) is 6.04. The number of aliphatic hydroxyl groups is 1. The summed E-state index contributed by atoms with van der Waals surface area (Å²) < 4.78 is 6.20. The fourth-order valence-electron chi connectivity index (χ4n) is 5.49. The maximum atomic E-state index is 13.7. The quantitative estimate of drug-likeness (QED) is 0.364. The summed E-state index contributed by atoms with van der Waals surface area (Å²) in [7, 11) is 0. The molecule has 3 heterocycles. The van der Waals surface area contributed by atoms with Crippen molar-refractivity contribution in [3.05, 3.63) is 12.7 Å². The zero-order chi connectivity index (χ0) is 21.9. The summed E-state index contributed by atoms with van der Waals surface area (Å²) in [6, 6.07) is -0.796. The fraction of sp³-hybridized carbons (Fsp3) is 0.773. The average molecular weight is 423 g/mol. The van der Waals surface area contributed by atoms with E-state index in [0.717, 1.165) is 19.3 Å². The number of unbranched alkanes of at least 4 members (excludes halogenated alkanes) is 3. The SMILES string of the molecule is C=CCN(CCCC)C(=O)[C@@H]1N(CCCCCO)C(=O)[C@H]2[C@H](C(=O)O)[C@@H]3CC[C@]12O3. The Kier molecular flexibility index (Phi) is 7.18. The molecular weight excluding hydrogens is 388 g/mol. The molecule has 8 nitrogen and oxygen atoms in total. The number of ether oxygens (including phenoxy) is 1. The monoisotopic (exact) mass is 422 g/mol. The highest BCUT2D eigenvalue weighted by atomic mass is 16.5. The predicted octanol–water partition coefficient (Wildman–Crippen LogP) is 1.42. The summed E-state index contributed by atoms with van der Waals surface area (Å²) in [4.78, 5) is 42.3. The molecule has 0 unspecified atom stereocenters. The number of amides is 2. The van der Waals surface area contributed by atoms with Crippen LogP contribution in [0, 0.1) is 11.8 Å². The third-order valence-corrected chi connectivity index (χ3v) is 6.82. The molecule has 1 spiro atoms. The highest BCUT2D eigenvalue weighted by molar-refractivity contribution is 5.98. The van der Waals surface area contributed by atoms with E-state index >= 15 is 0 Å². The molecule has 2 amide bonds. The van der Waals surface area contributed by atoms with Crippen molar-refractivity contribution in [2.45, 2.75) is 69.6 Å². The number of carboxylic acids is 1. The molecule has 0 saturated carbocycles. The van der Waals surface area contributed by atoms with Crippen molar-refractivity contribution in [3.63, 3.8) is 0 Å². The molecule has 0 aromatic rings. The van der Waals surface area contributed by atoms with Gasteiger partial charge in [0.2, 0.25) is 11.8 Å². The molecule has 0 radical (unpaired) electrons. The Balaban J connectivity index is 1.92. The lowest BCUT2D eigenvalue weighted by Gasteiger charge is -2.36. The van der Waals surface area contributed by atoms with E-state index < -0.39 is 35.6 Å². The minimum atomic E-state index is -1.05. The topological polar surface area (TPSA) is 107 Å². The van der Waals surface area contributed by atoms with Crippen LogP contribution in [0.1, 0.15) is 51.9 Å². The predicted molar refractivity (Wildman–Crippen MR) is 110 cm³/mol. The van der Waals surface area contributed by atoms with E-state index in [1.807, 2.05) is 0 Å². The molecule has 3 saturated heterocycles. The number of carbonyl (C=O) groups is 3. The summed E-state index contributed by atoms with van der Waals surface area (Å²) in [5.41, 5.74) is -1.05. The molecule has 3 aliphatic heterocycles. The molecule has 2 N–H and O–H groups in total. The molecule has 3 aliphatic rings. The van der Waals surface area contributed by atoms with E-state index in [4.69, 9.17) is 9.84 Å². The van der Waals surface area contributed by atoms with E-state index in [0.29, 0.717) is 45.3 Å². The Morgan fingerprint density at radius 2 is 2.10 bits per heavy atom. The van der Waals surface area contributed by atoms with Crippen LogP contribution in [0.25, 0.3) is 0 Å². The molecule has 30 heavy (non-hydrogen) atoms. The number of likely N-dealkylation sites (tertiary alicyclic amines) is 1. The van der Waals surface area contributed by atoms with Crippen LogP contribution >= 0.6 is 0 Å². The van der Waals surface area contributed by atoms with Gasteiger partial charge in [-0.3, -0.25) is 14.4 Å². The second kappa shape index (κ2) is 9.47. The maximum Gasteiger partial charge on any atom is 0.310 e. The standard InChI is InChI=1S/C22H34N2O6/c1-3-5-12-23(11-4-2)20(27)18-22-10-9-15(30-22)16(21(28)29)17(22)19(26)24(18)13-7-6-8-14-25/h4,15-18,25H,2-3,5-14H2,1H3,(H,28,29)/t15-,16+,17+,18-,22+/m0/s1. The first-order chi connectivity index (χ1) is 14.4. The van der Waals surface area contributed by atoms with Crippen molar-refractivity contribution in [1.82, 2.24) is 9.80 Å². The van der Waals surface area contributed by atoms with Gasteiger partial charge in [-0.15, -0.1) is 6.58 Å². The molecule has 3 rings (SSSR count). The number of hydrogen-bond donors (Lipinski definition) is 2. The molecule has 0 aromatic carbocycles. The zero-order valence-electron chi connectivity index (χ0n) is 17.8. The van der Waals surface area contributed by atoms with Gasteiger partial charge in [0.15, 0.2) is 0 Å². The van der Waals surface area contributed by atoms with Gasteiger partial charge in [0.1, 0.15) is 11.6 Å². The Morgan fingerprint density at radius 3 is 2.73 bits per heavy atom. The smallest absolute Gasteiger partial charge is 0.310 e. The van der Waals surface area contributed by atoms with Crippen molar-refractivity contribution >= 4 is 17.8 Å². The lowest BCUT2D eigenvalue weighted by atomic mass is 9.70. The normalized spacial score (nSPS) is 31.8. The van der Waals surface area contributed by atoms with E-state index in [-0.39, 0.29) is 18.4 Å². The molecule has 0 aromatic heterocycles. The average Bonchev–Trinajstić information content (AvgIpc) is 3.35. The Morgan fingerprint density at radius 1 is 1.33 bits per heavy atom. The van der Waals surface area contributed by atoms with Gasteiger partial charge in [-0.2, -0.15) is 0 Å². The Labute approximate surface area is 177 Å². The molecule has 0 aliphatic carbocycles. The lowest BCUT2D eigenvalue weighted by molar-refractivity contribution is -0.151. The van der Waals surface area contributed by atoms with Gasteiger partial charge in [-0.25, -0.2) is 0 Å². The number of carboxylic acid groups (broad SMARTS) is 1. The minimum Gasteiger partial charge on any atom is -0.481 e. The minimum absolute atomic E-state index is 0.0822. The molecule has 3 fully saturated rings. The highest BCUT2D eigenvalue weighted by Crippen LogP contribution is 2.58. The van der Waals surface area contributed by atoms with Crippen LogP contribution in [0.2, 0.25) is 0 Å². The van der Waals surface area contributed by atoms with Crippen LogP contribution in [-0.2, 0) is 19.1 Å². The van der Waals surface area contributed by atoms with Crippen LogP contribution in [0.4, 0.5) is 0 Å². The second-order valence-electron chi connectivity index (χ2n) is 8.64. The van der Waals surface area contributed by atoms with Crippen LogP contribution < -0.4 is 0 Å². The maximum absolute atomic E-state index is 13.7. The first-order valence-electron chi connectivity index (χ1n) is 11.1. The number of carbonyl (C=O) groups excluding carboxylic acids is 2. The Bertz CT molecular complexity index is 683. The van der Waals surface area contributed by atoms with E-state index in [1.54, 1.807) is 15.9 Å². The zero-order valence-corrected chi connectivity index (χ0v) is 17.8. The van der Waals surface area contributed by atoms with Crippen LogP contribution in [0.5, 0.6) is 0 Å². The van der Waals surface area contributed by atoms with Crippen molar-refractivity contribution < 1.29 is 29.3 Å². The third kappa shape index (κ3) is 3.75. The van der Waals surface area contributed by atoms with Gasteiger partial charge >= 0.3 is 5.97 Å². The van der Waals surface area contributed by atoms with Crippen molar-refractivity contribution in [1.29, 1.82) is 0 Å². The number of hydrogen-bond acceptors (Lipinski definition) is 5. The van der Waals surface area contributed by atoms with Crippen LogP contribution in [-0.4, -0.2) is 81.8 Å². The van der Waals surface area contributed by atoms with Crippen molar-refractivity contribution in [2.24, 2.45) is 11.8 Å². The van der Waals surface area contributed by atoms with Gasteiger partial charge in [-0.1, -0.05) is 19.4 Å². The van der Waals surface area contributed by atoms with Crippen LogP contribution in [0.3, 0.4) is 0 Å². The van der Waals surface area contributed by atoms with Gasteiger partial charge in [0.25, 0.3) is 0 Å². The molecular formula is C22H34N2O6. The van der Waals surface area contributed by atoms with Crippen molar-refractivity contribution in [2.75, 3.05) is 26.2 Å². The summed E-state index contributed by atoms with van der Waals surface area (Å²) in [5.74, 6) is -3.18. The number of rotatable bonds is 12. The Hall–Kier alpha value is -1.93. The van der Waals surface area contributed by atoms with E-state index in [9.17, 15) is 19.5 Å². The lowest BCUT2D eigenvalue weighted by Crippen LogP contribution is -2.56. The summed E-state index contributed by atoms with van der Waals surface area (Å²) >= 11 is 0. The largest absolute Gasteiger partial charge is 0.481 e. The van der Waals surface area contributed by atoms with Crippen LogP contribution in [0.15, 0.2) is 12.7 Å². The van der Waals surface area contributed by atoms with Crippen molar-refractivity contribution in [3.8, 4) is 0 Å². The van der Waals surface area contributed by atoms with Gasteiger partial charge in [-0.05, 0) is 38.5 Å². The fourth-order valence-corrected chi connectivity index (χ4v) is 5.49. The number of nitrogens with zero attached hydrogens (tertiary/aromatic N) is 2. The highest BCUT2D eigenvalue weighted by Gasteiger charge is 2.74. The number of fused-ring (bicyclic) bond motifs is 1. The molecule has 8 heteroatoms.